The number of nitrogens with one attached hydrogen (secondary N) is 1. The van der Waals surface area contributed by atoms with Gasteiger partial charge in [0.05, 0.1) is 6.04 Å². The number of hydrogen-bond donors (Lipinski definition) is 1. The van der Waals surface area contributed by atoms with Crippen LogP contribution in [0.5, 0.6) is 0 Å². The Balaban J connectivity index is 2.13. The minimum absolute atomic E-state index is 0.289. The molecule has 1 fully saturated rings. The van der Waals surface area contributed by atoms with Gasteiger partial charge in [0.2, 0.25) is 0 Å². The summed E-state index contributed by atoms with van der Waals surface area (Å²) in [5.41, 5.74) is 0.289. The largest absolute Gasteiger partial charge is 0.465 e. The van der Waals surface area contributed by atoms with Crippen LogP contribution in [0.2, 0.25) is 0 Å². The predicted molar refractivity (Wildman–Crippen MR) is 79.3 cm³/mol. The molecule has 3 atom stereocenters. The van der Waals surface area contributed by atoms with Crippen LogP contribution in [0.15, 0.2) is 16.5 Å². The third-order valence-corrected chi connectivity index (χ3v) is 4.33. The average Bonchev–Trinajstić information content (AvgIpc) is 2.74. The second-order valence-electron chi connectivity index (χ2n) is 7.00. The third-order valence-electron chi connectivity index (χ3n) is 4.33. The SMILES string of the molecule is Cc1ccc(C(C)N2CC(C(C)(C)C)NCC2C)o1. The topological polar surface area (TPSA) is 28.4 Å². The van der Waals surface area contributed by atoms with Crippen molar-refractivity contribution in [3.63, 3.8) is 0 Å². The summed E-state index contributed by atoms with van der Waals surface area (Å²) >= 11 is 0. The van der Waals surface area contributed by atoms with Crippen molar-refractivity contribution in [2.24, 2.45) is 5.41 Å². The van der Waals surface area contributed by atoms with Crippen LogP contribution in [-0.4, -0.2) is 30.1 Å². The van der Waals surface area contributed by atoms with E-state index in [4.69, 9.17) is 4.42 Å². The van der Waals surface area contributed by atoms with Gasteiger partial charge in [0.15, 0.2) is 0 Å². The Kier molecular flexibility index (Phi) is 4.07. The molecule has 0 aliphatic carbocycles. The molecule has 1 N–H and O–H groups in total. The molecule has 0 spiro atoms. The first kappa shape index (κ1) is 14.6. The molecule has 3 unspecified atom stereocenters. The Labute approximate surface area is 117 Å². The van der Waals surface area contributed by atoms with Crippen LogP contribution in [0.25, 0.3) is 0 Å². The lowest BCUT2D eigenvalue weighted by molar-refractivity contribution is 0.0548. The van der Waals surface area contributed by atoms with E-state index in [1.54, 1.807) is 0 Å². The number of aryl methyl sites for hydroxylation is 1. The molecule has 0 bridgehead atoms. The normalized spacial score (nSPS) is 27.5. The molecular formula is C16H28N2O. The molecule has 0 amide bonds. The lowest BCUT2D eigenvalue weighted by Crippen LogP contribution is -2.59. The fourth-order valence-electron chi connectivity index (χ4n) is 2.85. The van der Waals surface area contributed by atoms with Gasteiger partial charge in [-0.25, -0.2) is 0 Å². The summed E-state index contributed by atoms with van der Waals surface area (Å²) in [6.07, 6.45) is 0. The Hall–Kier alpha value is -0.800. The van der Waals surface area contributed by atoms with Gasteiger partial charge in [-0.2, -0.15) is 0 Å². The molecule has 1 saturated heterocycles. The highest BCUT2D eigenvalue weighted by atomic mass is 16.3. The van der Waals surface area contributed by atoms with Gasteiger partial charge in [-0.3, -0.25) is 4.90 Å². The first-order valence-electron chi connectivity index (χ1n) is 7.34. The van der Waals surface area contributed by atoms with Gasteiger partial charge < -0.3 is 9.73 Å². The van der Waals surface area contributed by atoms with E-state index in [9.17, 15) is 0 Å². The van der Waals surface area contributed by atoms with Crippen molar-refractivity contribution in [1.29, 1.82) is 0 Å². The van der Waals surface area contributed by atoms with Crippen LogP contribution >= 0.6 is 0 Å². The van der Waals surface area contributed by atoms with Crippen molar-refractivity contribution in [3.8, 4) is 0 Å². The Morgan fingerprint density at radius 3 is 2.58 bits per heavy atom. The molecule has 2 heterocycles. The van der Waals surface area contributed by atoms with Crippen LogP contribution < -0.4 is 5.32 Å². The molecule has 0 aromatic carbocycles. The average molecular weight is 264 g/mol. The van der Waals surface area contributed by atoms with E-state index < -0.39 is 0 Å². The van der Waals surface area contributed by atoms with Crippen molar-refractivity contribution in [2.45, 2.75) is 59.7 Å². The molecule has 3 heteroatoms. The van der Waals surface area contributed by atoms with Crippen molar-refractivity contribution in [1.82, 2.24) is 10.2 Å². The highest BCUT2D eigenvalue weighted by Crippen LogP contribution is 2.30. The van der Waals surface area contributed by atoms with Crippen molar-refractivity contribution in [3.05, 3.63) is 23.7 Å². The molecule has 108 valence electrons. The van der Waals surface area contributed by atoms with Crippen LogP contribution in [0.4, 0.5) is 0 Å². The maximum atomic E-state index is 5.81. The predicted octanol–water partition coefficient (Wildman–Crippen LogP) is 3.36. The first-order chi connectivity index (χ1) is 8.79. The van der Waals surface area contributed by atoms with Crippen LogP contribution in [-0.2, 0) is 0 Å². The van der Waals surface area contributed by atoms with Gasteiger partial charge in [0.25, 0.3) is 0 Å². The number of furan rings is 1. The lowest BCUT2D eigenvalue weighted by Gasteiger charge is -2.46. The molecule has 3 nitrogen and oxygen atoms in total. The van der Waals surface area contributed by atoms with E-state index in [0.717, 1.165) is 24.6 Å². The zero-order chi connectivity index (χ0) is 14.2. The van der Waals surface area contributed by atoms with E-state index in [1.165, 1.54) is 0 Å². The molecule has 1 aliphatic heterocycles. The summed E-state index contributed by atoms with van der Waals surface area (Å²) in [4.78, 5) is 2.56. The maximum absolute atomic E-state index is 5.81. The minimum Gasteiger partial charge on any atom is -0.465 e. The zero-order valence-electron chi connectivity index (χ0n) is 13.2. The summed E-state index contributed by atoms with van der Waals surface area (Å²) in [5, 5.41) is 3.68. The van der Waals surface area contributed by atoms with Crippen LogP contribution in [0.1, 0.15) is 52.2 Å². The van der Waals surface area contributed by atoms with Gasteiger partial charge in [-0.1, -0.05) is 20.8 Å². The summed E-state index contributed by atoms with van der Waals surface area (Å²) < 4.78 is 5.81. The Bertz CT molecular complexity index is 419. The molecule has 1 aromatic heterocycles. The number of nitrogens with zero attached hydrogens (tertiary/aromatic N) is 1. The third kappa shape index (κ3) is 3.21. The summed E-state index contributed by atoms with van der Waals surface area (Å²) in [6.45, 7) is 15.6. The number of piperazine rings is 1. The maximum Gasteiger partial charge on any atom is 0.121 e. The lowest BCUT2D eigenvalue weighted by atomic mass is 9.84. The van der Waals surface area contributed by atoms with Gasteiger partial charge in [0, 0.05) is 25.2 Å². The molecular weight excluding hydrogens is 236 g/mol. The number of hydrogen-bond acceptors (Lipinski definition) is 3. The highest BCUT2D eigenvalue weighted by Gasteiger charge is 2.35. The van der Waals surface area contributed by atoms with Gasteiger partial charge >= 0.3 is 0 Å². The monoisotopic (exact) mass is 264 g/mol. The summed E-state index contributed by atoms with van der Waals surface area (Å²) in [7, 11) is 0. The van der Waals surface area contributed by atoms with E-state index >= 15 is 0 Å². The standard InChI is InChI=1S/C16H28N2O/c1-11-9-17-15(16(4,5)6)10-18(11)13(3)14-8-7-12(2)19-14/h7-8,11,13,15,17H,9-10H2,1-6H3. The fraction of sp³-hybridized carbons (Fsp3) is 0.750. The van der Waals surface area contributed by atoms with Gasteiger partial charge in [-0.15, -0.1) is 0 Å². The second-order valence-corrected chi connectivity index (χ2v) is 7.00. The van der Waals surface area contributed by atoms with E-state index in [-0.39, 0.29) is 5.41 Å². The molecule has 2 rings (SSSR count). The summed E-state index contributed by atoms with van der Waals surface area (Å²) in [5.74, 6) is 2.08. The molecule has 19 heavy (non-hydrogen) atoms. The Morgan fingerprint density at radius 1 is 1.37 bits per heavy atom. The smallest absolute Gasteiger partial charge is 0.121 e. The van der Waals surface area contributed by atoms with Crippen molar-refractivity contribution < 1.29 is 4.42 Å². The second kappa shape index (κ2) is 5.29. The highest BCUT2D eigenvalue weighted by molar-refractivity contribution is 5.10. The van der Waals surface area contributed by atoms with Crippen molar-refractivity contribution in [2.75, 3.05) is 13.1 Å². The van der Waals surface area contributed by atoms with E-state index in [0.29, 0.717) is 18.1 Å². The van der Waals surface area contributed by atoms with Gasteiger partial charge in [-0.05, 0) is 38.3 Å². The van der Waals surface area contributed by atoms with E-state index in [1.807, 2.05) is 6.92 Å². The summed E-state index contributed by atoms with van der Waals surface area (Å²) in [6, 6.07) is 5.58. The van der Waals surface area contributed by atoms with Gasteiger partial charge in [0.1, 0.15) is 11.5 Å². The minimum atomic E-state index is 0.289. The van der Waals surface area contributed by atoms with Crippen LogP contribution in [0.3, 0.4) is 0 Å². The molecule has 0 radical (unpaired) electrons. The van der Waals surface area contributed by atoms with Crippen molar-refractivity contribution >= 4 is 0 Å². The van der Waals surface area contributed by atoms with E-state index in [2.05, 4.69) is 57.0 Å². The number of rotatable bonds is 2. The molecule has 0 saturated carbocycles. The molecule has 1 aromatic rings. The quantitative estimate of drug-likeness (QED) is 0.888. The first-order valence-corrected chi connectivity index (χ1v) is 7.34. The molecule has 1 aliphatic rings. The van der Waals surface area contributed by atoms with Crippen LogP contribution in [0, 0.1) is 12.3 Å². The fourth-order valence-corrected chi connectivity index (χ4v) is 2.85. The Morgan fingerprint density at radius 2 is 2.05 bits per heavy atom. The zero-order valence-corrected chi connectivity index (χ0v) is 13.2.